The highest BCUT2D eigenvalue weighted by Gasteiger charge is 2.28. The Hall–Kier alpha value is -1.16. The first-order valence-corrected chi connectivity index (χ1v) is 5.68. The topological polar surface area (TPSA) is 28.2 Å². The summed E-state index contributed by atoms with van der Waals surface area (Å²) >= 11 is 0. The molecule has 0 spiro atoms. The van der Waals surface area contributed by atoms with Gasteiger partial charge in [-0.3, -0.25) is 0 Å². The number of nitrogens with one attached hydrogen (secondary N) is 1. The molecule has 3 nitrogen and oxygen atoms in total. The Morgan fingerprint density at radius 2 is 2.06 bits per heavy atom. The maximum atomic E-state index is 12.7. The lowest BCUT2D eigenvalue weighted by Crippen LogP contribution is -2.50. The monoisotopic (exact) mass is 223 g/mol. The third-order valence-corrected chi connectivity index (χ3v) is 3.51. The van der Waals surface area contributed by atoms with E-state index in [0.717, 1.165) is 31.7 Å². The van der Waals surface area contributed by atoms with Crippen molar-refractivity contribution in [1.29, 1.82) is 0 Å². The fraction of sp³-hybridized carbons (Fsp3) is 0.583. The zero-order chi connectivity index (χ0) is 11.6. The molecule has 0 aromatic carbocycles. The van der Waals surface area contributed by atoms with Crippen molar-refractivity contribution in [3.63, 3.8) is 0 Å². The SMILES string of the molecule is CNC1(C)CCN(c2ccc(F)cn2)CC1. The summed E-state index contributed by atoms with van der Waals surface area (Å²) in [5.74, 6) is 0.598. The van der Waals surface area contributed by atoms with Crippen molar-refractivity contribution in [3.8, 4) is 0 Å². The van der Waals surface area contributed by atoms with Crippen LogP contribution in [0.25, 0.3) is 0 Å². The van der Waals surface area contributed by atoms with Gasteiger partial charge in [-0.1, -0.05) is 0 Å². The first-order valence-electron chi connectivity index (χ1n) is 5.68. The molecule has 0 aliphatic carbocycles. The summed E-state index contributed by atoms with van der Waals surface area (Å²) in [4.78, 5) is 6.31. The maximum Gasteiger partial charge on any atom is 0.141 e. The van der Waals surface area contributed by atoms with Crippen molar-refractivity contribution in [2.24, 2.45) is 0 Å². The molecule has 1 saturated heterocycles. The summed E-state index contributed by atoms with van der Waals surface area (Å²) < 4.78 is 12.7. The number of nitrogens with zero attached hydrogens (tertiary/aromatic N) is 2. The highest BCUT2D eigenvalue weighted by Crippen LogP contribution is 2.24. The fourth-order valence-electron chi connectivity index (χ4n) is 2.03. The molecule has 0 unspecified atom stereocenters. The molecule has 0 bridgehead atoms. The van der Waals surface area contributed by atoms with E-state index < -0.39 is 0 Å². The minimum atomic E-state index is -0.277. The third-order valence-electron chi connectivity index (χ3n) is 3.51. The summed E-state index contributed by atoms with van der Waals surface area (Å²) in [7, 11) is 2.01. The molecule has 0 saturated carbocycles. The summed E-state index contributed by atoms with van der Waals surface area (Å²) in [6.45, 7) is 4.17. The predicted molar refractivity (Wildman–Crippen MR) is 63.1 cm³/mol. The van der Waals surface area contributed by atoms with Crippen LogP contribution in [0.4, 0.5) is 10.2 Å². The lowest BCUT2D eigenvalue weighted by molar-refractivity contribution is 0.304. The van der Waals surface area contributed by atoms with Crippen molar-refractivity contribution < 1.29 is 4.39 Å². The van der Waals surface area contributed by atoms with Crippen LogP contribution in [0.3, 0.4) is 0 Å². The smallest absolute Gasteiger partial charge is 0.141 e. The predicted octanol–water partition coefficient (Wildman–Crippen LogP) is 1.80. The lowest BCUT2D eigenvalue weighted by Gasteiger charge is -2.39. The number of aromatic nitrogens is 1. The van der Waals surface area contributed by atoms with Crippen LogP contribution in [0, 0.1) is 5.82 Å². The third kappa shape index (κ3) is 2.32. The van der Waals surface area contributed by atoms with Gasteiger partial charge in [0.15, 0.2) is 0 Å². The number of anilines is 1. The van der Waals surface area contributed by atoms with Crippen molar-refractivity contribution in [1.82, 2.24) is 10.3 Å². The van der Waals surface area contributed by atoms with Crippen LogP contribution in [0.15, 0.2) is 18.3 Å². The van der Waals surface area contributed by atoms with Crippen LogP contribution in [0.1, 0.15) is 19.8 Å². The lowest BCUT2D eigenvalue weighted by atomic mass is 9.90. The number of rotatable bonds is 2. The molecule has 1 N–H and O–H groups in total. The molecule has 1 fully saturated rings. The average Bonchev–Trinajstić information content (AvgIpc) is 2.32. The first-order chi connectivity index (χ1) is 7.63. The molecule has 0 radical (unpaired) electrons. The van der Waals surface area contributed by atoms with Crippen LogP contribution >= 0.6 is 0 Å². The highest BCUT2D eigenvalue weighted by molar-refractivity contribution is 5.38. The molecule has 1 aromatic rings. The maximum absolute atomic E-state index is 12.7. The number of hydrogen-bond acceptors (Lipinski definition) is 3. The van der Waals surface area contributed by atoms with Gasteiger partial charge in [0.05, 0.1) is 6.20 Å². The molecule has 16 heavy (non-hydrogen) atoms. The Kier molecular flexibility index (Phi) is 3.10. The Labute approximate surface area is 95.7 Å². The zero-order valence-corrected chi connectivity index (χ0v) is 9.83. The molecular weight excluding hydrogens is 205 g/mol. The molecule has 0 amide bonds. The fourth-order valence-corrected chi connectivity index (χ4v) is 2.03. The molecule has 2 rings (SSSR count). The van der Waals surface area contributed by atoms with Crippen LogP contribution in [-0.4, -0.2) is 30.7 Å². The van der Waals surface area contributed by atoms with Gasteiger partial charge in [-0.15, -0.1) is 0 Å². The minimum Gasteiger partial charge on any atom is -0.356 e. The molecule has 1 aliphatic rings. The van der Waals surface area contributed by atoms with Crippen LogP contribution in [0.5, 0.6) is 0 Å². The largest absolute Gasteiger partial charge is 0.356 e. The second-order valence-corrected chi connectivity index (χ2v) is 4.63. The molecule has 1 aliphatic heterocycles. The van der Waals surface area contributed by atoms with Gasteiger partial charge >= 0.3 is 0 Å². The number of piperidine rings is 1. The highest BCUT2D eigenvalue weighted by atomic mass is 19.1. The standard InChI is InChI=1S/C12H18FN3/c1-12(14-2)5-7-16(8-6-12)11-4-3-10(13)9-15-11/h3-4,9,14H,5-8H2,1-2H3. The molecule has 88 valence electrons. The summed E-state index contributed by atoms with van der Waals surface area (Å²) in [6, 6.07) is 3.21. The Morgan fingerprint density at radius 1 is 1.38 bits per heavy atom. The quantitative estimate of drug-likeness (QED) is 0.828. The summed E-state index contributed by atoms with van der Waals surface area (Å²) in [5.41, 5.74) is 0.233. The van der Waals surface area contributed by atoms with E-state index >= 15 is 0 Å². The van der Waals surface area contributed by atoms with Crippen LogP contribution in [0.2, 0.25) is 0 Å². The van der Waals surface area contributed by atoms with Crippen LogP contribution in [-0.2, 0) is 0 Å². The number of hydrogen-bond donors (Lipinski definition) is 1. The number of pyridine rings is 1. The van der Waals surface area contributed by atoms with Crippen molar-refractivity contribution >= 4 is 5.82 Å². The minimum absolute atomic E-state index is 0.233. The number of halogens is 1. The molecule has 2 heterocycles. The normalized spacial score (nSPS) is 19.8. The van der Waals surface area contributed by atoms with Gasteiger partial charge < -0.3 is 10.2 Å². The molecular formula is C12H18FN3. The average molecular weight is 223 g/mol. The Bertz CT molecular complexity index is 342. The van der Waals surface area contributed by atoms with Gasteiger partial charge in [0.25, 0.3) is 0 Å². The van der Waals surface area contributed by atoms with E-state index in [9.17, 15) is 4.39 Å². The second-order valence-electron chi connectivity index (χ2n) is 4.63. The van der Waals surface area contributed by atoms with E-state index in [1.54, 1.807) is 6.07 Å². The molecule has 1 aromatic heterocycles. The van der Waals surface area contributed by atoms with Crippen molar-refractivity contribution in [2.75, 3.05) is 25.0 Å². The Morgan fingerprint density at radius 3 is 2.56 bits per heavy atom. The van der Waals surface area contributed by atoms with Gasteiger partial charge in [0.1, 0.15) is 11.6 Å². The van der Waals surface area contributed by atoms with Crippen molar-refractivity contribution in [3.05, 3.63) is 24.1 Å². The second kappa shape index (κ2) is 4.37. The van der Waals surface area contributed by atoms with Crippen LogP contribution < -0.4 is 10.2 Å². The molecule has 4 heteroatoms. The van der Waals surface area contributed by atoms with Gasteiger partial charge in [-0.2, -0.15) is 0 Å². The summed E-state index contributed by atoms with van der Waals surface area (Å²) in [5, 5.41) is 3.35. The van der Waals surface area contributed by atoms with Gasteiger partial charge in [-0.25, -0.2) is 9.37 Å². The van der Waals surface area contributed by atoms with E-state index in [1.807, 2.05) is 7.05 Å². The Balaban J connectivity index is 2.01. The van der Waals surface area contributed by atoms with E-state index in [-0.39, 0.29) is 11.4 Å². The van der Waals surface area contributed by atoms with E-state index in [2.05, 4.69) is 22.1 Å². The van der Waals surface area contributed by atoms with E-state index in [0.29, 0.717) is 0 Å². The zero-order valence-electron chi connectivity index (χ0n) is 9.83. The summed E-state index contributed by atoms with van der Waals surface area (Å²) in [6.07, 6.45) is 3.45. The van der Waals surface area contributed by atoms with Gasteiger partial charge in [0, 0.05) is 18.6 Å². The van der Waals surface area contributed by atoms with Gasteiger partial charge in [-0.05, 0) is 38.9 Å². The van der Waals surface area contributed by atoms with Crippen molar-refractivity contribution in [2.45, 2.75) is 25.3 Å². The first kappa shape index (κ1) is 11.3. The van der Waals surface area contributed by atoms with E-state index in [4.69, 9.17) is 0 Å². The molecule has 0 atom stereocenters. The van der Waals surface area contributed by atoms with E-state index in [1.165, 1.54) is 12.3 Å². The van der Waals surface area contributed by atoms with Gasteiger partial charge in [0.2, 0.25) is 0 Å².